The van der Waals surface area contributed by atoms with Crippen molar-refractivity contribution < 1.29 is 24.9 Å². The Balaban J connectivity index is 0. The average molecular weight is 434 g/mol. The lowest BCUT2D eigenvalue weighted by Crippen LogP contribution is -2.29. The van der Waals surface area contributed by atoms with E-state index in [-0.39, 0.29) is 6.10 Å². The number of carboxylic acid groups (broad SMARTS) is 1. The zero-order valence-electron chi connectivity index (χ0n) is 20.3. The van der Waals surface area contributed by atoms with Crippen LogP contribution in [0.4, 0.5) is 0 Å². The van der Waals surface area contributed by atoms with Crippen LogP contribution in [-0.2, 0) is 9.53 Å². The molecule has 0 fully saturated rings. The van der Waals surface area contributed by atoms with Gasteiger partial charge in [-0.2, -0.15) is 0 Å². The number of unbranched alkanes of at least 4 members (excludes halogenated alkanes) is 13. The molecule has 0 spiro atoms. The first-order chi connectivity index (χ1) is 14.3. The molecule has 0 bridgehead atoms. The van der Waals surface area contributed by atoms with Crippen molar-refractivity contribution in [3.8, 4) is 0 Å². The minimum absolute atomic E-state index is 0.278. The fourth-order valence-electron chi connectivity index (χ4n) is 3.12. The van der Waals surface area contributed by atoms with Gasteiger partial charge in [-0.25, -0.2) is 4.79 Å². The highest BCUT2D eigenvalue weighted by Gasteiger charge is 2.02. The summed E-state index contributed by atoms with van der Waals surface area (Å²) in [7, 11) is 1.98. The van der Waals surface area contributed by atoms with Gasteiger partial charge < -0.3 is 20.1 Å². The fourth-order valence-corrected chi connectivity index (χ4v) is 3.12. The van der Waals surface area contributed by atoms with E-state index in [0.717, 1.165) is 6.61 Å². The predicted molar refractivity (Wildman–Crippen MR) is 125 cm³/mol. The number of aliphatic hydroxyl groups is 2. The van der Waals surface area contributed by atoms with Gasteiger partial charge in [0.15, 0.2) is 0 Å². The molecule has 0 heterocycles. The van der Waals surface area contributed by atoms with Crippen LogP contribution in [0.3, 0.4) is 0 Å². The highest BCUT2D eigenvalue weighted by molar-refractivity contribution is 5.71. The minimum Gasteiger partial charge on any atom is -0.479 e. The molecule has 0 aliphatic carbocycles. The lowest BCUT2D eigenvalue weighted by atomic mass is 10.0. The average Bonchev–Trinajstić information content (AvgIpc) is 2.67. The number of likely N-dealkylation sites (N-methyl/N-ethyl adjacent to an activating group) is 1. The Morgan fingerprint density at radius 2 is 1.17 bits per heavy atom. The van der Waals surface area contributed by atoms with E-state index in [0.29, 0.717) is 13.3 Å². The van der Waals surface area contributed by atoms with Crippen molar-refractivity contribution >= 4 is 5.97 Å². The Morgan fingerprint density at radius 1 is 0.800 bits per heavy atom. The van der Waals surface area contributed by atoms with Crippen molar-refractivity contribution in [2.75, 3.05) is 26.9 Å². The molecule has 0 aliphatic heterocycles. The zero-order chi connectivity index (χ0) is 23.0. The second-order valence-corrected chi connectivity index (χ2v) is 8.54. The minimum atomic E-state index is -1.23. The number of rotatable bonds is 20. The van der Waals surface area contributed by atoms with Gasteiger partial charge in [0.1, 0.15) is 6.10 Å². The number of ether oxygens (including phenoxy) is 1. The summed E-state index contributed by atoms with van der Waals surface area (Å²) >= 11 is 0. The van der Waals surface area contributed by atoms with E-state index in [1.807, 2.05) is 18.9 Å². The summed E-state index contributed by atoms with van der Waals surface area (Å²) in [4.78, 5) is 11.5. The first-order valence-corrected chi connectivity index (χ1v) is 12.2. The Morgan fingerprint density at radius 3 is 1.50 bits per heavy atom. The third-order valence-electron chi connectivity index (χ3n) is 4.89. The molecule has 6 nitrogen and oxygen atoms in total. The fraction of sp³-hybridized carbons (Fsp3) is 0.958. The zero-order valence-corrected chi connectivity index (χ0v) is 20.3. The van der Waals surface area contributed by atoms with Crippen LogP contribution < -0.4 is 0 Å². The van der Waals surface area contributed by atoms with Crippen molar-refractivity contribution in [2.24, 2.45) is 0 Å². The topological polar surface area (TPSA) is 90.2 Å². The third-order valence-corrected chi connectivity index (χ3v) is 4.89. The second kappa shape index (κ2) is 24.6. The van der Waals surface area contributed by atoms with Crippen LogP contribution in [0.5, 0.6) is 0 Å². The second-order valence-electron chi connectivity index (χ2n) is 8.54. The van der Waals surface area contributed by atoms with Crippen LogP contribution >= 0.6 is 0 Å². The van der Waals surface area contributed by atoms with Gasteiger partial charge in [0.2, 0.25) is 0 Å². The Hall–Kier alpha value is -0.690. The van der Waals surface area contributed by atoms with Crippen LogP contribution in [-0.4, -0.2) is 65.3 Å². The molecule has 0 aliphatic rings. The van der Waals surface area contributed by atoms with Crippen LogP contribution in [0, 0.1) is 0 Å². The number of aliphatic hydroxyl groups excluding tert-OH is 2. The highest BCUT2D eigenvalue weighted by Crippen LogP contribution is 2.12. The van der Waals surface area contributed by atoms with E-state index in [4.69, 9.17) is 14.9 Å². The summed E-state index contributed by atoms with van der Waals surface area (Å²) < 4.78 is 5.62. The van der Waals surface area contributed by atoms with Gasteiger partial charge in [0.05, 0.1) is 12.8 Å². The van der Waals surface area contributed by atoms with Gasteiger partial charge in [0.25, 0.3) is 0 Å². The van der Waals surface area contributed by atoms with E-state index in [2.05, 4.69) is 6.92 Å². The number of aliphatic carboxylic acids is 1. The molecule has 0 radical (unpaired) electrons. The van der Waals surface area contributed by atoms with Gasteiger partial charge in [-0.05, 0) is 27.3 Å². The maximum Gasteiger partial charge on any atom is 0.332 e. The van der Waals surface area contributed by atoms with Gasteiger partial charge in [0, 0.05) is 13.2 Å². The van der Waals surface area contributed by atoms with Crippen molar-refractivity contribution in [1.82, 2.24) is 4.90 Å². The maximum atomic E-state index is 9.45. The summed E-state index contributed by atoms with van der Waals surface area (Å²) in [5.74, 6) is -1.19. The molecule has 0 saturated heterocycles. The van der Waals surface area contributed by atoms with E-state index in [1.165, 1.54) is 96.8 Å². The quantitative estimate of drug-likeness (QED) is 0.180. The standard InChI is InChI=1S/C21H45NO2.C3H6O3/c1-4-5-6-7-8-9-10-11-12-13-14-15-16-17-18-24-20-22(3)19-21(2)23;1-2(4)3(5)6/h21,23H,4-20H2,1-3H3;2,4H,1H3,(H,5,6). The maximum absolute atomic E-state index is 9.45. The molecule has 6 heteroatoms. The van der Waals surface area contributed by atoms with Crippen molar-refractivity contribution in [2.45, 2.75) is 123 Å². The highest BCUT2D eigenvalue weighted by atomic mass is 16.5. The molecule has 0 aromatic heterocycles. The van der Waals surface area contributed by atoms with E-state index in [1.54, 1.807) is 0 Å². The summed E-state index contributed by atoms with van der Waals surface area (Å²) in [6.45, 7) is 7.45. The number of carbonyl (C=O) groups is 1. The molecule has 0 amide bonds. The molecular formula is C24H51NO5. The smallest absolute Gasteiger partial charge is 0.332 e. The molecule has 0 aromatic rings. The summed E-state index contributed by atoms with van der Waals surface area (Å²) in [5, 5.41) is 25.0. The van der Waals surface area contributed by atoms with Crippen LogP contribution in [0.1, 0.15) is 111 Å². The Kier molecular flexibility index (Phi) is 25.8. The number of nitrogens with zero attached hydrogens (tertiary/aromatic N) is 1. The Bertz CT molecular complexity index is 350. The first-order valence-electron chi connectivity index (χ1n) is 12.2. The van der Waals surface area contributed by atoms with Crippen LogP contribution in [0.2, 0.25) is 0 Å². The largest absolute Gasteiger partial charge is 0.479 e. The van der Waals surface area contributed by atoms with E-state index in [9.17, 15) is 9.90 Å². The molecule has 0 rings (SSSR count). The molecular weight excluding hydrogens is 382 g/mol. The number of carboxylic acids is 1. The van der Waals surface area contributed by atoms with E-state index >= 15 is 0 Å². The van der Waals surface area contributed by atoms with Crippen molar-refractivity contribution in [3.05, 3.63) is 0 Å². The van der Waals surface area contributed by atoms with Gasteiger partial charge in [-0.1, -0.05) is 90.4 Å². The van der Waals surface area contributed by atoms with Crippen LogP contribution in [0.25, 0.3) is 0 Å². The lowest BCUT2D eigenvalue weighted by molar-refractivity contribution is -0.145. The number of hydrogen-bond donors (Lipinski definition) is 3. The van der Waals surface area contributed by atoms with Gasteiger partial charge in [-0.3, -0.25) is 4.90 Å². The molecule has 30 heavy (non-hydrogen) atoms. The van der Waals surface area contributed by atoms with E-state index < -0.39 is 12.1 Å². The lowest BCUT2D eigenvalue weighted by Gasteiger charge is -2.18. The van der Waals surface area contributed by atoms with Crippen LogP contribution in [0.15, 0.2) is 0 Å². The monoisotopic (exact) mass is 433 g/mol. The molecule has 3 N–H and O–H groups in total. The first kappa shape index (κ1) is 31.5. The van der Waals surface area contributed by atoms with Crippen molar-refractivity contribution in [3.63, 3.8) is 0 Å². The third kappa shape index (κ3) is 29.5. The molecule has 2 atom stereocenters. The van der Waals surface area contributed by atoms with Crippen molar-refractivity contribution in [1.29, 1.82) is 0 Å². The normalized spacial score (nSPS) is 13.0. The van der Waals surface area contributed by atoms with Gasteiger partial charge in [-0.15, -0.1) is 0 Å². The van der Waals surface area contributed by atoms with Gasteiger partial charge >= 0.3 is 5.97 Å². The molecule has 0 saturated carbocycles. The summed E-state index contributed by atoms with van der Waals surface area (Å²) in [5.41, 5.74) is 0. The number of hydrogen-bond acceptors (Lipinski definition) is 5. The summed E-state index contributed by atoms with van der Waals surface area (Å²) in [6, 6.07) is 0. The Labute approximate surface area is 186 Å². The summed E-state index contributed by atoms with van der Waals surface area (Å²) in [6.07, 6.45) is 18.0. The molecule has 2 unspecified atom stereocenters. The predicted octanol–water partition coefficient (Wildman–Crippen LogP) is 5.21. The molecule has 182 valence electrons. The molecule has 0 aromatic carbocycles. The SMILES string of the molecule is CC(O)C(=O)O.CCCCCCCCCCCCCCCCOCN(C)CC(C)O.